The van der Waals surface area contributed by atoms with Crippen LogP contribution in [0.5, 0.6) is 0 Å². The van der Waals surface area contributed by atoms with Gasteiger partial charge in [-0.05, 0) is 33.0 Å². The first-order valence-electron chi connectivity index (χ1n) is 4.25. The van der Waals surface area contributed by atoms with Gasteiger partial charge >= 0.3 is 5.97 Å². The molecule has 0 unspecified atom stereocenters. The summed E-state index contributed by atoms with van der Waals surface area (Å²) in [5, 5.41) is 3.90. The number of esters is 1. The summed E-state index contributed by atoms with van der Waals surface area (Å²) in [5.41, 5.74) is 8.17. The first-order chi connectivity index (χ1) is 6.49. The molecule has 0 saturated carbocycles. The van der Waals surface area contributed by atoms with Gasteiger partial charge in [-0.25, -0.2) is 0 Å². The summed E-state index contributed by atoms with van der Waals surface area (Å²) in [7, 11) is 0. The molecule has 0 bridgehead atoms. The minimum Gasteiger partial charge on any atom is -0.465 e. The quantitative estimate of drug-likeness (QED) is 0.308. The topological polar surface area (TPSA) is 76.7 Å². The number of thiocarbonyl (C=S) groups is 1. The van der Waals surface area contributed by atoms with Crippen LogP contribution in [-0.2, 0) is 9.53 Å². The van der Waals surface area contributed by atoms with Gasteiger partial charge in [-0.2, -0.15) is 5.10 Å². The van der Waals surface area contributed by atoms with Gasteiger partial charge in [0.2, 0.25) is 0 Å². The molecule has 0 spiro atoms. The lowest BCUT2D eigenvalue weighted by Gasteiger charge is -2.09. The smallest absolute Gasteiger partial charge is 0.314 e. The maximum atomic E-state index is 11.2. The molecule has 0 radical (unpaired) electrons. The number of hydrogen-bond acceptors (Lipinski definition) is 4. The first kappa shape index (κ1) is 12.8. The Labute approximate surface area is 88.7 Å². The van der Waals surface area contributed by atoms with Crippen LogP contribution in [-0.4, -0.2) is 23.4 Å². The van der Waals surface area contributed by atoms with Crippen molar-refractivity contribution in [3.05, 3.63) is 0 Å². The Bertz CT molecular complexity index is 253. The molecule has 80 valence electrons. The Morgan fingerprint density at radius 3 is 2.71 bits per heavy atom. The second-order valence-corrected chi connectivity index (χ2v) is 3.14. The fourth-order valence-corrected chi connectivity index (χ4v) is 0.724. The number of carbonyl (C=O) groups excluding carboxylic acids is 1. The fourth-order valence-electron chi connectivity index (χ4n) is 0.678. The molecule has 6 heteroatoms. The number of hydrazone groups is 1. The van der Waals surface area contributed by atoms with Crippen LogP contribution >= 0.6 is 12.2 Å². The van der Waals surface area contributed by atoms with Crippen molar-refractivity contribution in [1.29, 1.82) is 0 Å². The fraction of sp³-hybridized carbons (Fsp3) is 0.625. The zero-order valence-electron chi connectivity index (χ0n) is 8.53. The summed E-state index contributed by atoms with van der Waals surface area (Å²) in [6, 6.07) is 0. The van der Waals surface area contributed by atoms with Crippen molar-refractivity contribution in [3.8, 4) is 0 Å². The number of ether oxygens (including phenoxy) is 1. The van der Waals surface area contributed by atoms with E-state index in [0.717, 1.165) is 0 Å². The molecule has 5 nitrogen and oxygen atoms in total. The lowest BCUT2D eigenvalue weighted by atomic mass is 10.1. The lowest BCUT2D eigenvalue weighted by Crippen LogP contribution is -2.28. The maximum Gasteiger partial charge on any atom is 0.314 e. The molecular weight excluding hydrogens is 202 g/mol. The van der Waals surface area contributed by atoms with Crippen molar-refractivity contribution in [3.63, 3.8) is 0 Å². The number of rotatable bonds is 4. The van der Waals surface area contributed by atoms with E-state index in [2.05, 4.69) is 22.7 Å². The maximum absolute atomic E-state index is 11.2. The third-order valence-electron chi connectivity index (χ3n) is 1.61. The van der Waals surface area contributed by atoms with Crippen molar-refractivity contribution in [1.82, 2.24) is 5.43 Å². The van der Waals surface area contributed by atoms with Gasteiger partial charge < -0.3 is 10.5 Å². The number of nitrogens with two attached hydrogens (primary N) is 1. The highest BCUT2D eigenvalue weighted by Crippen LogP contribution is 2.01. The van der Waals surface area contributed by atoms with E-state index in [4.69, 9.17) is 10.5 Å². The minimum absolute atomic E-state index is 0.0698. The Balaban J connectivity index is 4.22. The highest BCUT2D eigenvalue weighted by atomic mass is 32.1. The molecule has 0 fully saturated rings. The Morgan fingerprint density at radius 1 is 1.71 bits per heavy atom. The van der Waals surface area contributed by atoms with Crippen LogP contribution < -0.4 is 11.2 Å². The third-order valence-corrected chi connectivity index (χ3v) is 1.70. The van der Waals surface area contributed by atoms with E-state index in [0.29, 0.717) is 12.3 Å². The van der Waals surface area contributed by atoms with Crippen LogP contribution in [0.15, 0.2) is 5.10 Å². The molecule has 0 aromatic rings. The molecule has 14 heavy (non-hydrogen) atoms. The van der Waals surface area contributed by atoms with E-state index >= 15 is 0 Å². The molecule has 0 heterocycles. The summed E-state index contributed by atoms with van der Waals surface area (Å²) < 4.78 is 4.82. The molecule has 0 rings (SSSR count). The average molecular weight is 217 g/mol. The molecule has 1 atom stereocenters. The highest BCUT2D eigenvalue weighted by Gasteiger charge is 2.16. The van der Waals surface area contributed by atoms with E-state index in [1.54, 1.807) is 20.8 Å². The van der Waals surface area contributed by atoms with E-state index in [-0.39, 0.29) is 11.1 Å². The summed E-state index contributed by atoms with van der Waals surface area (Å²) >= 11 is 4.56. The van der Waals surface area contributed by atoms with E-state index in [1.165, 1.54) is 0 Å². The molecule has 0 aromatic carbocycles. The zero-order valence-corrected chi connectivity index (χ0v) is 9.35. The molecule has 0 aliphatic rings. The largest absolute Gasteiger partial charge is 0.465 e. The normalized spacial score (nSPS) is 13.2. The molecule has 0 aliphatic carbocycles. The average Bonchev–Trinajstić information content (AvgIpc) is 2.13. The Hall–Kier alpha value is -1.17. The van der Waals surface area contributed by atoms with Crippen LogP contribution in [0, 0.1) is 5.92 Å². The van der Waals surface area contributed by atoms with E-state index in [9.17, 15) is 4.79 Å². The van der Waals surface area contributed by atoms with Crippen molar-refractivity contribution in [2.45, 2.75) is 20.8 Å². The SMILES string of the molecule is CCOC(=O)[C@H](C)C(C)=NNC(N)=S. The molecular formula is C8H15N3O2S. The summed E-state index contributed by atoms with van der Waals surface area (Å²) in [4.78, 5) is 11.2. The van der Waals surface area contributed by atoms with Gasteiger partial charge in [0.1, 0.15) is 0 Å². The predicted molar refractivity (Wildman–Crippen MR) is 58.8 cm³/mol. The van der Waals surface area contributed by atoms with Crippen molar-refractivity contribution in [2.75, 3.05) is 6.61 Å². The monoisotopic (exact) mass is 217 g/mol. The van der Waals surface area contributed by atoms with Crippen LogP contribution in [0.4, 0.5) is 0 Å². The van der Waals surface area contributed by atoms with Crippen molar-refractivity contribution >= 4 is 29.0 Å². The van der Waals surface area contributed by atoms with Crippen molar-refractivity contribution < 1.29 is 9.53 Å². The second-order valence-electron chi connectivity index (χ2n) is 2.70. The van der Waals surface area contributed by atoms with Crippen LogP contribution in [0.3, 0.4) is 0 Å². The molecule has 0 aromatic heterocycles. The summed E-state index contributed by atoms with van der Waals surface area (Å²) in [6.07, 6.45) is 0. The van der Waals surface area contributed by atoms with Gasteiger partial charge in [0.15, 0.2) is 5.11 Å². The number of nitrogens with one attached hydrogen (secondary N) is 1. The molecule has 0 saturated heterocycles. The van der Waals surface area contributed by atoms with Gasteiger partial charge in [0.05, 0.1) is 12.5 Å². The highest BCUT2D eigenvalue weighted by molar-refractivity contribution is 7.80. The Morgan fingerprint density at radius 2 is 2.29 bits per heavy atom. The molecule has 0 amide bonds. The number of hydrogen-bond donors (Lipinski definition) is 2. The van der Waals surface area contributed by atoms with E-state index in [1.807, 2.05) is 0 Å². The van der Waals surface area contributed by atoms with Crippen LogP contribution in [0.1, 0.15) is 20.8 Å². The second kappa shape index (κ2) is 6.31. The van der Waals surface area contributed by atoms with Crippen LogP contribution in [0.25, 0.3) is 0 Å². The summed E-state index contributed by atoms with van der Waals surface area (Å²) in [5.74, 6) is -0.699. The third kappa shape index (κ3) is 4.76. The number of carbonyl (C=O) groups is 1. The Kier molecular flexibility index (Phi) is 5.78. The predicted octanol–water partition coefficient (Wildman–Crippen LogP) is 0.395. The van der Waals surface area contributed by atoms with Gasteiger partial charge in [-0.3, -0.25) is 10.2 Å². The standard InChI is InChI=1S/C8H15N3O2S/c1-4-13-7(12)5(2)6(3)10-11-8(9)14/h5H,4H2,1-3H3,(H3,9,11,14)/t5-/m1/s1. The summed E-state index contributed by atoms with van der Waals surface area (Å²) in [6.45, 7) is 5.52. The zero-order chi connectivity index (χ0) is 11.1. The van der Waals surface area contributed by atoms with Crippen LogP contribution in [0.2, 0.25) is 0 Å². The molecule has 0 aliphatic heterocycles. The van der Waals surface area contributed by atoms with Gasteiger partial charge in [0, 0.05) is 5.71 Å². The van der Waals surface area contributed by atoms with Gasteiger partial charge in [-0.1, -0.05) is 0 Å². The van der Waals surface area contributed by atoms with E-state index < -0.39 is 5.92 Å². The first-order valence-corrected chi connectivity index (χ1v) is 4.66. The minimum atomic E-state index is -0.392. The number of nitrogens with zero attached hydrogens (tertiary/aromatic N) is 1. The molecule has 3 N–H and O–H groups in total. The van der Waals surface area contributed by atoms with Crippen molar-refractivity contribution in [2.24, 2.45) is 16.8 Å². The van der Waals surface area contributed by atoms with Gasteiger partial charge in [-0.15, -0.1) is 0 Å². The van der Waals surface area contributed by atoms with Gasteiger partial charge in [0.25, 0.3) is 0 Å². The lowest BCUT2D eigenvalue weighted by molar-refractivity contribution is -0.145.